The third-order valence-electron chi connectivity index (χ3n) is 5.87. The number of nitrogens with zero attached hydrogens (tertiary/aromatic N) is 2. The lowest BCUT2D eigenvalue weighted by atomic mass is 9.89. The minimum atomic E-state index is -0.193. The van der Waals surface area contributed by atoms with E-state index < -0.39 is 0 Å². The number of fused-ring (bicyclic) bond motifs is 1. The van der Waals surface area contributed by atoms with Crippen LogP contribution in [0.2, 0.25) is 0 Å². The lowest BCUT2D eigenvalue weighted by molar-refractivity contribution is -0.135. The molecule has 1 aliphatic carbocycles. The summed E-state index contributed by atoms with van der Waals surface area (Å²) in [6, 6.07) is 0. The van der Waals surface area contributed by atoms with Gasteiger partial charge in [0.15, 0.2) is 0 Å². The summed E-state index contributed by atoms with van der Waals surface area (Å²) in [5.41, 5.74) is 5.07. The Bertz CT molecular complexity index is 852. The standard InChI is InChI=1S/C24H38N6O3S/c1-4-18(7-6-12-30(26)17-28-25)15-22(31)27-11-14-29(5-2)13-10-19-8-9-20-21(23(19)34-3)16-33-24(20)32/h4,6-7,9,12,19,28H,1,5,8,10-11,13-17,25-26H2,2-3H3,(H,27,31)/b12-6+,18-7+. The largest absolute Gasteiger partial charge is 0.457 e. The van der Waals surface area contributed by atoms with Crippen LogP contribution < -0.4 is 22.4 Å². The van der Waals surface area contributed by atoms with Gasteiger partial charge < -0.3 is 20.0 Å². The zero-order chi connectivity index (χ0) is 24.9. The fourth-order valence-corrected chi connectivity index (χ4v) is 4.94. The highest BCUT2D eigenvalue weighted by molar-refractivity contribution is 8.02. The maximum atomic E-state index is 12.3. The molecule has 0 aromatic heterocycles. The predicted octanol–water partition coefficient (Wildman–Crippen LogP) is 1.55. The molecule has 1 unspecified atom stereocenters. The highest BCUT2D eigenvalue weighted by Gasteiger charge is 2.33. The highest BCUT2D eigenvalue weighted by Crippen LogP contribution is 2.40. The van der Waals surface area contributed by atoms with Gasteiger partial charge in [0.2, 0.25) is 5.91 Å². The topological polar surface area (TPSA) is 126 Å². The van der Waals surface area contributed by atoms with Crippen LogP contribution in [-0.2, 0) is 14.3 Å². The smallest absolute Gasteiger partial charge is 0.338 e. The second kappa shape index (κ2) is 14.8. The molecule has 1 aliphatic heterocycles. The average molecular weight is 491 g/mol. The minimum absolute atomic E-state index is 0.0471. The van der Waals surface area contributed by atoms with Gasteiger partial charge in [0, 0.05) is 24.9 Å². The first-order valence-corrected chi connectivity index (χ1v) is 12.7. The van der Waals surface area contributed by atoms with E-state index in [0.717, 1.165) is 49.2 Å². The van der Waals surface area contributed by atoms with Crippen LogP contribution in [0.25, 0.3) is 0 Å². The Morgan fingerprint density at radius 1 is 1.41 bits per heavy atom. The molecule has 0 aromatic carbocycles. The molecule has 1 heterocycles. The van der Waals surface area contributed by atoms with Gasteiger partial charge in [-0.3, -0.25) is 10.6 Å². The summed E-state index contributed by atoms with van der Waals surface area (Å²) in [5.74, 6) is 11.1. The van der Waals surface area contributed by atoms with Crippen molar-refractivity contribution in [1.82, 2.24) is 20.7 Å². The summed E-state index contributed by atoms with van der Waals surface area (Å²) < 4.78 is 5.22. The number of hydrogen-bond donors (Lipinski definition) is 4. The number of rotatable bonds is 15. The van der Waals surface area contributed by atoms with Gasteiger partial charge in [-0.25, -0.2) is 16.1 Å². The summed E-state index contributed by atoms with van der Waals surface area (Å²) in [4.78, 5) is 27.8. The number of carbonyl (C=O) groups is 2. The van der Waals surface area contributed by atoms with Gasteiger partial charge in [-0.15, -0.1) is 11.8 Å². The van der Waals surface area contributed by atoms with Crippen molar-refractivity contribution in [2.24, 2.45) is 17.6 Å². The molecular formula is C24H38N6O3S. The third-order valence-corrected chi connectivity index (χ3v) is 6.89. The predicted molar refractivity (Wildman–Crippen MR) is 138 cm³/mol. The molecule has 1 fully saturated rings. The van der Waals surface area contributed by atoms with Crippen molar-refractivity contribution in [3.8, 4) is 0 Å². The first-order valence-electron chi connectivity index (χ1n) is 11.5. The van der Waals surface area contributed by atoms with E-state index in [1.165, 1.54) is 9.91 Å². The lowest BCUT2D eigenvalue weighted by Gasteiger charge is -2.27. The summed E-state index contributed by atoms with van der Waals surface area (Å²) >= 11 is 1.73. The Morgan fingerprint density at radius 2 is 2.21 bits per heavy atom. The van der Waals surface area contributed by atoms with Crippen molar-refractivity contribution in [3.63, 3.8) is 0 Å². The van der Waals surface area contributed by atoms with Crippen molar-refractivity contribution >= 4 is 23.6 Å². The van der Waals surface area contributed by atoms with Gasteiger partial charge in [0.25, 0.3) is 0 Å². The Balaban J connectivity index is 1.76. The molecule has 6 N–H and O–H groups in total. The van der Waals surface area contributed by atoms with E-state index in [4.69, 9.17) is 16.4 Å². The molecule has 0 radical (unpaired) electrons. The van der Waals surface area contributed by atoms with Gasteiger partial charge in [0.05, 0.1) is 18.7 Å². The number of allylic oxidation sites excluding steroid dienone is 5. The molecule has 188 valence electrons. The average Bonchev–Trinajstić information content (AvgIpc) is 3.21. The van der Waals surface area contributed by atoms with E-state index in [0.29, 0.717) is 25.7 Å². The molecule has 1 saturated heterocycles. The number of ether oxygens (including phenoxy) is 1. The Morgan fingerprint density at radius 3 is 2.88 bits per heavy atom. The summed E-state index contributed by atoms with van der Waals surface area (Å²) in [6.45, 7) is 9.81. The Hall–Kier alpha value is -2.37. The van der Waals surface area contributed by atoms with Crippen LogP contribution in [0, 0.1) is 5.92 Å². The summed E-state index contributed by atoms with van der Waals surface area (Å²) in [5, 5.41) is 4.38. The van der Waals surface area contributed by atoms with Crippen LogP contribution in [0.15, 0.2) is 58.7 Å². The molecular weight excluding hydrogens is 452 g/mol. The second-order valence-corrected chi connectivity index (χ2v) is 8.93. The van der Waals surface area contributed by atoms with Gasteiger partial charge in [-0.2, -0.15) is 0 Å². The van der Waals surface area contributed by atoms with E-state index in [1.807, 2.05) is 6.08 Å². The molecule has 1 amide bonds. The summed E-state index contributed by atoms with van der Waals surface area (Å²) in [7, 11) is 0. The van der Waals surface area contributed by atoms with Crippen LogP contribution in [0.3, 0.4) is 0 Å². The van der Waals surface area contributed by atoms with Crippen molar-refractivity contribution in [2.45, 2.75) is 26.2 Å². The zero-order valence-electron chi connectivity index (χ0n) is 20.2. The quantitative estimate of drug-likeness (QED) is 0.0889. The summed E-state index contributed by atoms with van der Waals surface area (Å²) in [6.07, 6.45) is 13.1. The normalized spacial score (nSPS) is 18.3. The monoisotopic (exact) mass is 490 g/mol. The number of amides is 1. The van der Waals surface area contributed by atoms with Crippen LogP contribution in [0.4, 0.5) is 0 Å². The van der Waals surface area contributed by atoms with Crippen molar-refractivity contribution in [2.75, 3.05) is 45.7 Å². The van der Waals surface area contributed by atoms with E-state index in [2.05, 4.69) is 35.4 Å². The number of nitrogens with one attached hydrogen (secondary N) is 2. The van der Waals surface area contributed by atoms with Crippen LogP contribution in [0.5, 0.6) is 0 Å². The number of hydrazine groups is 2. The molecule has 2 aliphatic rings. The molecule has 2 rings (SSSR count). The number of carbonyl (C=O) groups excluding carboxylic acids is 2. The van der Waals surface area contributed by atoms with Crippen molar-refractivity contribution in [1.29, 1.82) is 0 Å². The fraction of sp³-hybridized carbons (Fsp3) is 0.500. The SMILES string of the molecule is C=C/C(=C\C=C\N(N)CNN)CC(=O)NCCN(CC)CCC1CC=C2C(=O)OCC2=C1SC. The first kappa shape index (κ1) is 27.9. The molecule has 0 bridgehead atoms. The third kappa shape index (κ3) is 8.44. The molecule has 1 atom stereocenters. The number of hydrogen-bond acceptors (Lipinski definition) is 9. The molecule has 34 heavy (non-hydrogen) atoms. The Labute approximate surface area is 206 Å². The van der Waals surface area contributed by atoms with Gasteiger partial charge in [-0.05, 0) is 54.7 Å². The molecule has 0 spiro atoms. The number of cyclic esters (lactones) is 1. The zero-order valence-corrected chi connectivity index (χ0v) is 21.0. The van der Waals surface area contributed by atoms with Crippen LogP contribution in [0.1, 0.15) is 26.2 Å². The lowest BCUT2D eigenvalue weighted by Crippen LogP contribution is -2.38. The molecule has 0 aromatic rings. The number of thioether (sulfide) groups is 1. The molecule has 0 saturated carbocycles. The van der Waals surface area contributed by atoms with Gasteiger partial charge in [-0.1, -0.05) is 31.7 Å². The van der Waals surface area contributed by atoms with Crippen molar-refractivity contribution in [3.05, 3.63) is 58.7 Å². The van der Waals surface area contributed by atoms with Crippen molar-refractivity contribution < 1.29 is 14.3 Å². The molecule has 9 nitrogen and oxygen atoms in total. The van der Waals surface area contributed by atoms with Gasteiger partial charge in [0.1, 0.15) is 6.61 Å². The van der Waals surface area contributed by atoms with Crippen LogP contribution >= 0.6 is 11.8 Å². The number of likely N-dealkylation sites (N-methyl/N-ethyl adjacent to an activating group) is 1. The second-order valence-electron chi connectivity index (χ2n) is 8.09. The number of nitrogens with two attached hydrogens (primary N) is 2. The van der Waals surface area contributed by atoms with Crippen LogP contribution in [-0.4, -0.2) is 67.5 Å². The fourth-order valence-electron chi connectivity index (χ4n) is 3.98. The maximum absolute atomic E-state index is 12.3. The highest BCUT2D eigenvalue weighted by atomic mass is 32.2. The van der Waals surface area contributed by atoms with E-state index in [1.54, 1.807) is 36.2 Å². The molecule has 10 heteroatoms. The first-order chi connectivity index (χ1) is 16.4. The maximum Gasteiger partial charge on any atom is 0.338 e. The van der Waals surface area contributed by atoms with E-state index in [9.17, 15) is 9.59 Å². The number of esters is 1. The Kier molecular flexibility index (Phi) is 12.1. The van der Waals surface area contributed by atoms with Gasteiger partial charge >= 0.3 is 5.97 Å². The minimum Gasteiger partial charge on any atom is -0.457 e. The van der Waals surface area contributed by atoms with E-state index in [-0.39, 0.29) is 18.3 Å². The van der Waals surface area contributed by atoms with E-state index >= 15 is 0 Å².